The van der Waals surface area contributed by atoms with Gasteiger partial charge in [-0.05, 0) is 49.6 Å². The van der Waals surface area contributed by atoms with Gasteiger partial charge in [-0.25, -0.2) is 0 Å². The number of amides is 1. The number of aromatic hydroxyl groups is 1. The second-order valence-corrected chi connectivity index (χ2v) is 5.56. The van der Waals surface area contributed by atoms with E-state index < -0.39 is 0 Å². The molecule has 0 aromatic carbocycles. The fourth-order valence-corrected chi connectivity index (χ4v) is 3.07. The van der Waals surface area contributed by atoms with Gasteiger partial charge in [0.2, 0.25) is 5.91 Å². The van der Waals surface area contributed by atoms with Crippen LogP contribution in [0.15, 0.2) is 24.5 Å². The highest BCUT2D eigenvalue weighted by Crippen LogP contribution is 2.27. The van der Waals surface area contributed by atoms with Crippen LogP contribution in [0.3, 0.4) is 0 Å². The summed E-state index contributed by atoms with van der Waals surface area (Å²) in [4.78, 5) is 18.2. The second-order valence-electron chi connectivity index (χ2n) is 5.56. The molecule has 1 aromatic heterocycles. The van der Waals surface area contributed by atoms with Crippen LogP contribution in [-0.2, 0) is 4.79 Å². The third-order valence-corrected chi connectivity index (χ3v) is 4.16. The van der Waals surface area contributed by atoms with Crippen molar-refractivity contribution in [2.75, 3.05) is 19.6 Å². The Labute approximate surface area is 118 Å². The zero-order valence-electron chi connectivity index (χ0n) is 11.3. The number of pyridine rings is 1. The van der Waals surface area contributed by atoms with Gasteiger partial charge in [0.05, 0.1) is 6.20 Å². The first-order valence-corrected chi connectivity index (χ1v) is 7.05. The molecule has 1 atom stereocenters. The molecule has 4 rings (SSSR count). The summed E-state index contributed by atoms with van der Waals surface area (Å²) < 4.78 is 0. The van der Waals surface area contributed by atoms with Gasteiger partial charge in [-0.2, -0.15) is 0 Å². The Kier molecular flexibility index (Phi) is 3.69. The average Bonchev–Trinajstić information content (AvgIpc) is 2.46. The van der Waals surface area contributed by atoms with E-state index in [0.29, 0.717) is 11.5 Å². The lowest BCUT2D eigenvalue weighted by atomic mass is 9.84. The highest BCUT2D eigenvalue weighted by Gasteiger charge is 2.34. The van der Waals surface area contributed by atoms with Gasteiger partial charge in [-0.1, -0.05) is 0 Å². The van der Waals surface area contributed by atoms with Crippen LogP contribution in [0.4, 0.5) is 0 Å². The van der Waals surface area contributed by atoms with Crippen LogP contribution in [0.5, 0.6) is 5.75 Å². The molecule has 3 aliphatic rings. The summed E-state index contributed by atoms with van der Waals surface area (Å²) >= 11 is 0. The Morgan fingerprint density at radius 1 is 1.40 bits per heavy atom. The molecule has 20 heavy (non-hydrogen) atoms. The molecule has 4 heterocycles. The van der Waals surface area contributed by atoms with Crippen molar-refractivity contribution in [1.29, 1.82) is 0 Å². The fourth-order valence-electron chi connectivity index (χ4n) is 3.07. The Balaban J connectivity index is 1.57. The number of hydrogen-bond acceptors (Lipinski definition) is 4. The molecule has 3 aliphatic heterocycles. The standard InChI is InChI=1S/C15H19N3O2/c19-13-7-11(8-16-9-13)1-2-15(20)17-14-10-18-5-3-12(14)4-6-18/h1-2,7-9,12,14,19H,3-6,10H2,(H,17,20). The van der Waals surface area contributed by atoms with Gasteiger partial charge < -0.3 is 15.3 Å². The zero-order valence-corrected chi connectivity index (χ0v) is 11.3. The molecule has 1 unspecified atom stereocenters. The summed E-state index contributed by atoms with van der Waals surface area (Å²) in [6.07, 6.45) is 8.52. The van der Waals surface area contributed by atoms with E-state index in [4.69, 9.17) is 0 Å². The fraction of sp³-hybridized carbons (Fsp3) is 0.467. The lowest BCUT2D eigenvalue weighted by Gasteiger charge is -2.44. The first kappa shape index (κ1) is 13.1. The third kappa shape index (κ3) is 2.99. The number of carbonyl (C=O) groups excluding carboxylic acids is 1. The Bertz CT molecular complexity index is 522. The average molecular weight is 273 g/mol. The first-order valence-electron chi connectivity index (χ1n) is 7.05. The normalized spacial score (nSPS) is 28.7. The van der Waals surface area contributed by atoms with Crippen LogP contribution in [0.25, 0.3) is 6.08 Å². The van der Waals surface area contributed by atoms with Crippen molar-refractivity contribution in [1.82, 2.24) is 15.2 Å². The number of aromatic nitrogens is 1. The molecule has 3 saturated heterocycles. The summed E-state index contributed by atoms with van der Waals surface area (Å²) in [5.74, 6) is 0.650. The van der Waals surface area contributed by atoms with E-state index in [1.54, 1.807) is 18.3 Å². The highest BCUT2D eigenvalue weighted by molar-refractivity contribution is 5.91. The molecule has 0 spiro atoms. The smallest absolute Gasteiger partial charge is 0.244 e. The third-order valence-electron chi connectivity index (χ3n) is 4.16. The SMILES string of the molecule is O=C(C=Cc1cncc(O)c1)NC1CN2CCC1CC2. The van der Waals surface area contributed by atoms with Crippen molar-refractivity contribution in [2.24, 2.45) is 5.92 Å². The maximum absolute atomic E-state index is 11.9. The van der Waals surface area contributed by atoms with E-state index in [0.717, 1.165) is 6.54 Å². The van der Waals surface area contributed by atoms with Gasteiger partial charge in [0.25, 0.3) is 0 Å². The molecule has 0 radical (unpaired) electrons. The molecule has 3 fully saturated rings. The first-order chi connectivity index (χ1) is 9.70. The Morgan fingerprint density at radius 3 is 2.85 bits per heavy atom. The molecular formula is C15H19N3O2. The van der Waals surface area contributed by atoms with Crippen LogP contribution in [0.2, 0.25) is 0 Å². The van der Waals surface area contributed by atoms with Crippen molar-refractivity contribution in [3.63, 3.8) is 0 Å². The van der Waals surface area contributed by atoms with E-state index in [-0.39, 0.29) is 17.7 Å². The van der Waals surface area contributed by atoms with E-state index in [2.05, 4.69) is 15.2 Å². The number of nitrogens with one attached hydrogen (secondary N) is 1. The number of carbonyl (C=O) groups is 1. The van der Waals surface area contributed by atoms with E-state index in [1.807, 2.05) is 0 Å². The summed E-state index contributed by atoms with van der Waals surface area (Å²) in [5.41, 5.74) is 0.717. The minimum atomic E-state index is -0.0768. The van der Waals surface area contributed by atoms with Gasteiger partial charge >= 0.3 is 0 Å². The Hall–Kier alpha value is -1.88. The summed E-state index contributed by atoms with van der Waals surface area (Å²) in [5, 5.41) is 12.4. The number of rotatable bonds is 3. The molecule has 2 bridgehead atoms. The Morgan fingerprint density at radius 2 is 2.20 bits per heavy atom. The van der Waals surface area contributed by atoms with Gasteiger partial charge in [-0.3, -0.25) is 9.78 Å². The van der Waals surface area contributed by atoms with Gasteiger partial charge in [0, 0.05) is 24.9 Å². The molecule has 106 valence electrons. The van der Waals surface area contributed by atoms with Crippen LogP contribution >= 0.6 is 0 Å². The lowest BCUT2D eigenvalue weighted by molar-refractivity contribution is -0.118. The second kappa shape index (κ2) is 5.63. The molecule has 2 N–H and O–H groups in total. The molecule has 1 aromatic rings. The van der Waals surface area contributed by atoms with Gasteiger partial charge in [0.1, 0.15) is 5.75 Å². The molecular weight excluding hydrogens is 254 g/mol. The maximum Gasteiger partial charge on any atom is 0.244 e. The van der Waals surface area contributed by atoms with Crippen molar-refractivity contribution < 1.29 is 9.90 Å². The highest BCUT2D eigenvalue weighted by atomic mass is 16.3. The van der Waals surface area contributed by atoms with E-state index >= 15 is 0 Å². The lowest BCUT2D eigenvalue weighted by Crippen LogP contribution is -2.57. The van der Waals surface area contributed by atoms with Crippen LogP contribution in [0.1, 0.15) is 18.4 Å². The van der Waals surface area contributed by atoms with E-state index in [9.17, 15) is 9.90 Å². The predicted octanol–water partition coefficient (Wildman–Crippen LogP) is 1.01. The summed E-state index contributed by atoms with van der Waals surface area (Å²) in [6.45, 7) is 3.31. The minimum absolute atomic E-state index is 0.0768. The molecule has 5 heteroatoms. The van der Waals surface area contributed by atoms with Crippen molar-refractivity contribution in [3.8, 4) is 5.75 Å². The predicted molar refractivity (Wildman–Crippen MR) is 76.0 cm³/mol. The minimum Gasteiger partial charge on any atom is -0.506 e. The molecule has 1 amide bonds. The molecule has 5 nitrogen and oxygen atoms in total. The van der Waals surface area contributed by atoms with Gasteiger partial charge in [0.15, 0.2) is 0 Å². The largest absolute Gasteiger partial charge is 0.506 e. The zero-order chi connectivity index (χ0) is 13.9. The number of fused-ring (bicyclic) bond motifs is 3. The summed E-state index contributed by atoms with van der Waals surface area (Å²) in [7, 11) is 0. The molecule has 0 aliphatic carbocycles. The van der Waals surface area contributed by atoms with Crippen molar-refractivity contribution >= 4 is 12.0 Å². The quantitative estimate of drug-likeness (QED) is 0.807. The van der Waals surface area contributed by atoms with Crippen LogP contribution in [-0.4, -0.2) is 46.6 Å². The monoisotopic (exact) mass is 273 g/mol. The van der Waals surface area contributed by atoms with Crippen molar-refractivity contribution in [2.45, 2.75) is 18.9 Å². The number of nitrogens with zero attached hydrogens (tertiary/aromatic N) is 2. The number of piperidine rings is 3. The van der Waals surface area contributed by atoms with Crippen LogP contribution in [0, 0.1) is 5.92 Å². The molecule has 0 saturated carbocycles. The maximum atomic E-state index is 11.9. The van der Waals surface area contributed by atoms with Gasteiger partial charge in [-0.15, -0.1) is 0 Å². The van der Waals surface area contributed by atoms with Crippen LogP contribution < -0.4 is 5.32 Å². The summed E-state index contributed by atoms with van der Waals surface area (Å²) in [6, 6.07) is 1.85. The number of hydrogen-bond donors (Lipinski definition) is 2. The van der Waals surface area contributed by atoms with E-state index in [1.165, 1.54) is 38.2 Å². The van der Waals surface area contributed by atoms with Crippen molar-refractivity contribution in [3.05, 3.63) is 30.1 Å². The topological polar surface area (TPSA) is 65.5 Å².